The molecule has 0 unspecified atom stereocenters. The summed E-state index contributed by atoms with van der Waals surface area (Å²) in [5, 5.41) is 11.4. The lowest BCUT2D eigenvalue weighted by Crippen LogP contribution is -2.43. The number of sulfonamides is 1. The fourth-order valence-corrected chi connectivity index (χ4v) is 6.55. The van der Waals surface area contributed by atoms with Crippen LogP contribution < -0.4 is 0 Å². The number of nitrogens with zero attached hydrogens (tertiary/aromatic N) is 3. The number of amides is 1. The van der Waals surface area contributed by atoms with Crippen molar-refractivity contribution in [1.82, 2.24) is 9.21 Å². The molecular weight excluding hydrogens is 466 g/mol. The number of non-ortho nitro benzene ring substituents is 1. The van der Waals surface area contributed by atoms with E-state index in [0.29, 0.717) is 28.3 Å². The summed E-state index contributed by atoms with van der Waals surface area (Å²) in [6.07, 6.45) is 0.823. The van der Waals surface area contributed by atoms with Gasteiger partial charge in [-0.05, 0) is 56.4 Å². The molecule has 0 N–H and O–H groups in total. The van der Waals surface area contributed by atoms with Crippen molar-refractivity contribution in [2.24, 2.45) is 5.92 Å². The van der Waals surface area contributed by atoms with Crippen molar-refractivity contribution >= 4 is 33.2 Å². The molecule has 0 atom stereocenters. The van der Waals surface area contributed by atoms with E-state index in [4.69, 9.17) is 11.6 Å². The average Bonchev–Trinajstić information content (AvgIpc) is 2.73. The molecule has 1 amide bonds. The minimum Gasteiger partial charge on any atom is -0.341 e. The lowest BCUT2D eigenvalue weighted by molar-refractivity contribution is -0.384. The summed E-state index contributed by atoms with van der Waals surface area (Å²) in [5.74, 6) is -0.448. The van der Waals surface area contributed by atoms with Crippen LogP contribution in [-0.4, -0.2) is 48.6 Å². The third-order valence-electron chi connectivity index (χ3n) is 6.03. The van der Waals surface area contributed by atoms with Crippen LogP contribution >= 0.6 is 11.6 Å². The largest absolute Gasteiger partial charge is 0.341 e. The fourth-order valence-electron chi connectivity index (χ4n) is 4.49. The first-order valence-corrected chi connectivity index (χ1v) is 12.5. The van der Waals surface area contributed by atoms with E-state index in [1.54, 1.807) is 20.9 Å². The van der Waals surface area contributed by atoms with Crippen molar-refractivity contribution in [2.45, 2.75) is 45.1 Å². The first kappa shape index (κ1) is 25.1. The van der Waals surface area contributed by atoms with Crippen molar-refractivity contribution in [1.29, 1.82) is 0 Å². The predicted octanol–water partition coefficient (Wildman–Crippen LogP) is 4.23. The van der Waals surface area contributed by atoms with Crippen molar-refractivity contribution < 1.29 is 18.1 Å². The van der Waals surface area contributed by atoms with Crippen molar-refractivity contribution in [3.05, 3.63) is 67.7 Å². The number of hydrogen-bond acceptors (Lipinski definition) is 5. The van der Waals surface area contributed by atoms with Crippen molar-refractivity contribution in [3.8, 4) is 0 Å². The molecule has 1 aliphatic heterocycles. The highest BCUT2D eigenvalue weighted by Gasteiger charge is 2.34. The highest BCUT2D eigenvalue weighted by molar-refractivity contribution is 7.89. The number of carbonyl (C=O) groups excluding carboxylic acids is 1. The van der Waals surface area contributed by atoms with Crippen LogP contribution in [0, 0.1) is 36.8 Å². The van der Waals surface area contributed by atoms with Gasteiger partial charge in [0.05, 0.1) is 9.82 Å². The zero-order valence-corrected chi connectivity index (χ0v) is 20.7. The van der Waals surface area contributed by atoms with E-state index in [0.717, 1.165) is 16.7 Å². The van der Waals surface area contributed by atoms with E-state index in [2.05, 4.69) is 0 Å². The number of piperidine rings is 1. The fraction of sp³-hybridized carbons (Fsp3) is 0.435. The van der Waals surface area contributed by atoms with Gasteiger partial charge in [0, 0.05) is 49.8 Å². The highest BCUT2D eigenvalue weighted by atomic mass is 35.5. The first-order valence-electron chi connectivity index (χ1n) is 10.7. The van der Waals surface area contributed by atoms with E-state index in [1.807, 2.05) is 19.1 Å². The lowest BCUT2D eigenvalue weighted by Gasteiger charge is -2.33. The zero-order valence-electron chi connectivity index (χ0n) is 19.2. The molecule has 3 rings (SSSR count). The quantitative estimate of drug-likeness (QED) is 0.442. The first-order chi connectivity index (χ1) is 15.4. The Kier molecular flexibility index (Phi) is 7.45. The van der Waals surface area contributed by atoms with E-state index in [9.17, 15) is 23.3 Å². The summed E-state index contributed by atoms with van der Waals surface area (Å²) >= 11 is 6.16. The second kappa shape index (κ2) is 9.79. The third kappa shape index (κ3) is 5.37. The Bertz CT molecular complexity index is 1170. The van der Waals surface area contributed by atoms with Gasteiger partial charge < -0.3 is 4.90 Å². The Labute approximate surface area is 199 Å². The van der Waals surface area contributed by atoms with Gasteiger partial charge in [0.15, 0.2) is 0 Å². The number of carbonyl (C=O) groups is 1. The molecule has 0 aliphatic carbocycles. The molecule has 2 aromatic carbocycles. The highest BCUT2D eigenvalue weighted by Crippen LogP contribution is 2.30. The molecule has 0 radical (unpaired) electrons. The zero-order chi connectivity index (χ0) is 24.5. The average molecular weight is 494 g/mol. The second-order valence-electron chi connectivity index (χ2n) is 8.63. The summed E-state index contributed by atoms with van der Waals surface area (Å²) in [6, 6.07) is 7.87. The summed E-state index contributed by atoms with van der Waals surface area (Å²) in [6.45, 7) is 6.20. The maximum absolute atomic E-state index is 13.3. The van der Waals surface area contributed by atoms with Gasteiger partial charge >= 0.3 is 0 Å². The molecule has 33 heavy (non-hydrogen) atoms. The molecular formula is C23H28ClN3O5S. The molecule has 1 saturated heterocycles. The van der Waals surface area contributed by atoms with Gasteiger partial charge in [-0.1, -0.05) is 29.3 Å². The van der Waals surface area contributed by atoms with E-state index < -0.39 is 14.9 Å². The molecule has 1 aliphatic rings. The molecule has 1 heterocycles. The maximum Gasteiger partial charge on any atom is 0.269 e. The van der Waals surface area contributed by atoms with Gasteiger partial charge in [-0.25, -0.2) is 8.42 Å². The predicted molar refractivity (Wildman–Crippen MR) is 127 cm³/mol. The smallest absolute Gasteiger partial charge is 0.269 e. The Morgan fingerprint density at radius 1 is 1.15 bits per heavy atom. The van der Waals surface area contributed by atoms with Gasteiger partial charge in [-0.2, -0.15) is 4.31 Å². The van der Waals surface area contributed by atoms with Gasteiger partial charge in [-0.15, -0.1) is 0 Å². The van der Waals surface area contributed by atoms with Gasteiger partial charge in [0.25, 0.3) is 5.69 Å². The minimum atomic E-state index is -3.65. The number of halogens is 1. The summed E-state index contributed by atoms with van der Waals surface area (Å²) < 4.78 is 28.0. The summed E-state index contributed by atoms with van der Waals surface area (Å²) in [7, 11) is -2.02. The number of aryl methyl sites for hydroxylation is 3. The number of nitro benzene ring substituents is 1. The normalized spacial score (nSPS) is 15.4. The van der Waals surface area contributed by atoms with Gasteiger partial charge in [0.2, 0.25) is 15.9 Å². The second-order valence-corrected chi connectivity index (χ2v) is 10.9. The standard InChI is InChI=1S/C23H28ClN3O5S/c1-15-11-16(2)22(17(3)12-15)33(31,32)26-9-7-18(8-10-26)23(28)25(4)14-19-13-20(27(29)30)5-6-21(19)24/h5-6,11-13,18H,7-10,14H2,1-4H3. The van der Waals surface area contributed by atoms with Crippen LogP contribution in [0.15, 0.2) is 35.2 Å². The van der Waals surface area contributed by atoms with Crippen LogP contribution in [0.3, 0.4) is 0 Å². The van der Waals surface area contributed by atoms with Crippen molar-refractivity contribution in [2.75, 3.05) is 20.1 Å². The molecule has 10 heteroatoms. The molecule has 0 bridgehead atoms. The molecule has 1 fully saturated rings. The number of hydrogen-bond donors (Lipinski definition) is 0. The Hall–Kier alpha value is -2.49. The molecule has 8 nitrogen and oxygen atoms in total. The van der Waals surface area contributed by atoms with E-state index in [-0.39, 0.29) is 37.1 Å². The third-order valence-corrected chi connectivity index (χ3v) is 8.60. The molecule has 0 aromatic heterocycles. The van der Waals surface area contributed by atoms with Crippen LogP contribution in [0.1, 0.15) is 35.1 Å². The van der Waals surface area contributed by atoms with Crippen LogP contribution in [0.5, 0.6) is 0 Å². The Balaban J connectivity index is 1.68. The SMILES string of the molecule is Cc1cc(C)c(S(=O)(=O)N2CCC(C(=O)N(C)Cc3cc([N+](=O)[O-])ccc3Cl)CC2)c(C)c1. The lowest BCUT2D eigenvalue weighted by atomic mass is 9.96. The summed E-state index contributed by atoms with van der Waals surface area (Å²) in [5.41, 5.74) is 2.86. The molecule has 178 valence electrons. The van der Waals surface area contributed by atoms with Crippen LogP contribution in [0.25, 0.3) is 0 Å². The number of nitro groups is 1. The molecule has 0 saturated carbocycles. The summed E-state index contributed by atoms with van der Waals surface area (Å²) in [4.78, 5) is 25.4. The van der Waals surface area contributed by atoms with Gasteiger partial charge in [0.1, 0.15) is 0 Å². The van der Waals surface area contributed by atoms with E-state index in [1.165, 1.54) is 27.4 Å². The Morgan fingerprint density at radius 2 is 1.73 bits per heavy atom. The minimum absolute atomic E-state index is 0.0875. The number of rotatable bonds is 6. The van der Waals surface area contributed by atoms with Crippen LogP contribution in [-0.2, 0) is 21.4 Å². The van der Waals surface area contributed by atoms with Crippen LogP contribution in [0.2, 0.25) is 5.02 Å². The Morgan fingerprint density at radius 3 is 2.27 bits per heavy atom. The maximum atomic E-state index is 13.3. The van der Waals surface area contributed by atoms with Crippen LogP contribution in [0.4, 0.5) is 5.69 Å². The van der Waals surface area contributed by atoms with E-state index >= 15 is 0 Å². The topological polar surface area (TPSA) is 101 Å². The monoisotopic (exact) mass is 493 g/mol. The molecule has 0 spiro atoms. The number of benzene rings is 2. The van der Waals surface area contributed by atoms with Gasteiger partial charge in [-0.3, -0.25) is 14.9 Å². The van der Waals surface area contributed by atoms with Crippen molar-refractivity contribution in [3.63, 3.8) is 0 Å². The molecule has 2 aromatic rings.